The van der Waals surface area contributed by atoms with Crippen molar-refractivity contribution < 1.29 is 4.74 Å². The van der Waals surface area contributed by atoms with Gasteiger partial charge in [-0.25, -0.2) is 0 Å². The van der Waals surface area contributed by atoms with Gasteiger partial charge in [0.25, 0.3) is 0 Å². The van der Waals surface area contributed by atoms with Crippen LogP contribution in [0.25, 0.3) is 0 Å². The first-order valence-electron chi connectivity index (χ1n) is 6.48. The lowest BCUT2D eigenvalue weighted by atomic mass is 10.2. The minimum Gasteiger partial charge on any atom is -0.383 e. The topological polar surface area (TPSA) is 33.3 Å². The molecule has 0 amide bonds. The molecule has 0 bridgehead atoms. The largest absolute Gasteiger partial charge is 0.383 e. The maximum atomic E-state index is 4.98. The van der Waals surface area contributed by atoms with Crippen molar-refractivity contribution in [3.63, 3.8) is 0 Å². The summed E-state index contributed by atoms with van der Waals surface area (Å²) in [5, 5.41) is 6.82. The second kappa shape index (κ2) is 8.17. The van der Waals surface area contributed by atoms with E-state index in [2.05, 4.69) is 28.5 Å². The number of ether oxygens (including phenoxy) is 1. The second-order valence-electron chi connectivity index (χ2n) is 4.38. The van der Waals surface area contributed by atoms with Crippen LogP contribution in [0.4, 0.5) is 0 Å². The second-order valence-corrected chi connectivity index (χ2v) is 6.71. The lowest BCUT2D eigenvalue weighted by Crippen LogP contribution is -2.28. The number of thioether (sulfide) groups is 1. The molecule has 0 atom stereocenters. The van der Waals surface area contributed by atoms with Gasteiger partial charge in [0.1, 0.15) is 0 Å². The number of rotatable bonds is 8. The van der Waals surface area contributed by atoms with Gasteiger partial charge in [0, 0.05) is 48.8 Å². The molecule has 2 N–H and O–H groups in total. The summed E-state index contributed by atoms with van der Waals surface area (Å²) in [4.78, 5) is 3.10. The Kier molecular flexibility index (Phi) is 6.51. The van der Waals surface area contributed by atoms with Crippen LogP contribution in [-0.4, -0.2) is 39.1 Å². The molecule has 0 aliphatic carbocycles. The minimum atomic E-state index is 0.787. The van der Waals surface area contributed by atoms with Crippen molar-refractivity contribution in [2.45, 2.75) is 18.7 Å². The zero-order chi connectivity index (χ0) is 12.6. The number of fused-ring (bicyclic) bond motifs is 1. The van der Waals surface area contributed by atoms with Gasteiger partial charge in [0.15, 0.2) is 0 Å². The lowest BCUT2D eigenvalue weighted by Gasteiger charge is -2.08. The zero-order valence-corrected chi connectivity index (χ0v) is 12.6. The standard InChI is InChI=1S/C13H22N2OS2/c1-16-6-5-14-3-4-15-9-12-8-11-10-17-7-2-13(11)18-12/h8,14-15H,2-7,9-10H2,1H3. The Morgan fingerprint density at radius 3 is 3.00 bits per heavy atom. The highest BCUT2D eigenvalue weighted by atomic mass is 32.2. The van der Waals surface area contributed by atoms with Crippen molar-refractivity contribution in [2.24, 2.45) is 0 Å². The number of aryl methyl sites for hydroxylation is 1. The van der Waals surface area contributed by atoms with Crippen molar-refractivity contribution in [3.8, 4) is 0 Å². The number of methoxy groups -OCH3 is 1. The van der Waals surface area contributed by atoms with E-state index in [1.165, 1.54) is 22.8 Å². The van der Waals surface area contributed by atoms with Crippen molar-refractivity contribution in [3.05, 3.63) is 21.4 Å². The highest BCUT2D eigenvalue weighted by Gasteiger charge is 2.12. The molecule has 2 heterocycles. The summed E-state index contributed by atoms with van der Waals surface area (Å²) in [6.07, 6.45) is 1.27. The van der Waals surface area contributed by atoms with Crippen LogP contribution < -0.4 is 10.6 Å². The molecular weight excluding hydrogens is 264 g/mol. The van der Waals surface area contributed by atoms with Gasteiger partial charge in [-0.2, -0.15) is 11.8 Å². The summed E-state index contributed by atoms with van der Waals surface area (Å²) in [5.41, 5.74) is 1.58. The smallest absolute Gasteiger partial charge is 0.0587 e. The highest BCUT2D eigenvalue weighted by molar-refractivity contribution is 7.98. The third-order valence-electron chi connectivity index (χ3n) is 2.94. The van der Waals surface area contributed by atoms with Crippen molar-refractivity contribution in [1.82, 2.24) is 10.6 Å². The number of hydrogen-bond acceptors (Lipinski definition) is 5. The lowest BCUT2D eigenvalue weighted by molar-refractivity contribution is 0.199. The first kappa shape index (κ1) is 14.3. The molecule has 1 aromatic heterocycles. The minimum absolute atomic E-state index is 0.787. The number of thiophene rings is 1. The molecule has 102 valence electrons. The predicted molar refractivity (Wildman–Crippen MR) is 80.6 cm³/mol. The molecule has 0 radical (unpaired) electrons. The quantitative estimate of drug-likeness (QED) is 0.715. The van der Waals surface area contributed by atoms with Gasteiger partial charge in [-0.05, 0) is 23.8 Å². The van der Waals surface area contributed by atoms with Gasteiger partial charge in [-0.1, -0.05) is 0 Å². The SMILES string of the molecule is COCCNCCNCc1cc2c(s1)CCSC2. The van der Waals surface area contributed by atoms with Gasteiger partial charge >= 0.3 is 0 Å². The predicted octanol–water partition coefficient (Wildman–Crippen LogP) is 1.86. The normalized spacial score (nSPS) is 14.7. The average Bonchev–Trinajstić information content (AvgIpc) is 2.80. The van der Waals surface area contributed by atoms with Crippen LogP contribution in [0, 0.1) is 0 Å². The fourth-order valence-corrected chi connectivity index (χ4v) is 4.33. The summed E-state index contributed by atoms with van der Waals surface area (Å²) in [5.74, 6) is 2.51. The van der Waals surface area contributed by atoms with E-state index in [-0.39, 0.29) is 0 Å². The fourth-order valence-electron chi connectivity index (χ4n) is 1.98. The van der Waals surface area contributed by atoms with Crippen molar-refractivity contribution in [2.75, 3.05) is 39.1 Å². The Morgan fingerprint density at radius 2 is 2.17 bits per heavy atom. The molecule has 1 aliphatic heterocycles. The van der Waals surface area contributed by atoms with E-state index in [0.717, 1.165) is 32.8 Å². The van der Waals surface area contributed by atoms with E-state index in [9.17, 15) is 0 Å². The maximum Gasteiger partial charge on any atom is 0.0587 e. The first-order valence-corrected chi connectivity index (χ1v) is 8.46. The Hall–Kier alpha value is -0.0700. The van der Waals surface area contributed by atoms with Crippen molar-refractivity contribution in [1.29, 1.82) is 0 Å². The third kappa shape index (κ3) is 4.55. The molecular formula is C13H22N2OS2. The summed E-state index contributed by atoms with van der Waals surface area (Å²) >= 11 is 4.05. The molecule has 0 unspecified atom stereocenters. The van der Waals surface area contributed by atoms with Crippen LogP contribution in [0.15, 0.2) is 6.07 Å². The molecule has 3 nitrogen and oxygen atoms in total. The van der Waals surface area contributed by atoms with Crippen LogP contribution >= 0.6 is 23.1 Å². The molecule has 0 saturated carbocycles. The van der Waals surface area contributed by atoms with Gasteiger partial charge in [-0.15, -0.1) is 11.3 Å². The Bertz CT molecular complexity index is 331. The summed E-state index contributed by atoms with van der Waals surface area (Å²) in [7, 11) is 1.73. The van der Waals surface area contributed by atoms with E-state index >= 15 is 0 Å². The molecule has 1 aliphatic rings. The van der Waals surface area contributed by atoms with E-state index in [1.54, 1.807) is 17.6 Å². The third-order valence-corrected chi connectivity index (χ3v) is 5.18. The Labute approximate surface area is 118 Å². The van der Waals surface area contributed by atoms with Gasteiger partial charge in [0.2, 0.25) is 0 Å². The van der Waals surface area contributed by atoms with Crippen molar-refractivity contribution >= 4 is 23.1 Å². The highest BCUT2D eigenvalue weighted by Crippen LogP contribution is 2.31. The summed E-state index contributed by atoms with van der Waals surface area (Å²) < 4.78 is 4.98. The molecule has 0 aromatic carbocycles. The van der Waals surface area contributed by atoms with E-state index in [0.29, 0.717) is 0 Å². The fraction of sp³-hybridized carbons (Fsp3) is 0.692. The van der Waals surface area contributed by atoms with E-state index in [4.69, 9.17) is 4.74 Å². The van der Waals surface area contributed by atoms with E-state index in [1.807, 2.05) is 11.3 Å². The number of hydrogen-bond donors (Lipinski definition) is 2. The number of nitrogens with one attached hydrogen (secondary N) is 2. The first-order chi connectivity index (χ1) is 8.90. The molecule has 2 rings (SSSR count). The summed E-state index contributed by atoms with van der Waals surface area (Å²) in [6.45, 7) is 4.75. The van der Waals surface area contributed by atoms with E-state index < -0.39 is 0 Å². The van der Waals surface area contributed by atoms with Crippen LogP contribution in [0.2, 0.25) is 0 Å². The maximum absolute atomic E-state index is 4.98. The molecule has 0 spiro atoms. The Balaban J connectivity index is 1.60. The zero-order valence-electron chi connectivity index (χ0n) is 11.0. The average molecular weight is 286 g/mol. The molecule has 5 heteroatoms. The van der Waals surface area contributed by atoms with Gasteiger partial charge < -0.3 is 15.4 Å². The molecule has 1 aromatic rings. The molecule has 0 saturated heterocycles. The molecule has 18 heavy (non-hydrogen) atoms. The monoisotopic (exact) mass is 286 g/mol. The van der Waals surface area contributed by atoms with Crippen LogP contribution in [0.5, 0.6) is 0 Å². The van der Waals surface area contributed by atoms with Gasteiger partial charge in [0.05, 0.1) is 6.61 Å². The van der Waals surface area contributed by atoms with Crippen LogP contribution in [-0.2, 0) is 23.5 Å². The van der Waals surface area contributed by atoms with Crippen LogP contribution in [0.3, 0.4) is 0 Å². The Morgan fingerprint density at radius 1 is 1.28 bits per heavy atom. The molecule has 0 fully saturated rings. The van der Waals surface area contributed by atoms with Gasteiger partial charge in [-0.3, -0.25) is 0 Å². The summed E-state index contributed by atoms with van der Waals surface area (Å²) in [6, 6.07) is 2.39. The van der Waals surface area contributed by atoms with Crippen LogP contribution in [0.1, 0.15) is 15.3 Å².